The zero-order valence-corrected chi connectivity index (χ0v) is 10.3. The number of carbonyl (C=O) groups is 1. The second-order valence-corrected chi connectivity index (χ2v) is 4.36. The van der Waals surface area contributed by atoms with Crippen molar-refractivity contribution in [2.24, 2.45) is 11.7 Å². The molecule has 16 heavy (non-hydrogen) atoms. The predicted molar refractivity (Wildman–Crippen MR) is 67.7 cm³/mol. The average molecular weight is 241 g/mol. The van der Waals surface area contributed by atoms with Crippen molar-refractivity contribution < 1.29 is 4.79 Å². The Labute approximate surface area is 101 Å². The molecule has 3 nitrogen and oxygen atoms in total. The first-order valence-corrected chi connectivity index (χ1v) is 5.69. The standard InChI is InChI=1S/C12H17ClN2O/c1-8-3-4-10(13)7-11(8)15-12(16)9(2)5-6-14/h3-4,7,9H,5-6,14H2,1-2H3,(H,15,16). The molecule has 1 unspecified atom stereocenters. The van der Waals surface area contributed by atoms with Crippen LogP contribution >= 0.6 is 11.6 Å². The number of amides is 1. The van der Waals surface area contributed by atoms with Crippen molar-refractivity contribution in [1.82, 2.24) is 0 Å². The van der Waals surface area contributed by atoms with Crippen LogP contribution < -0.4 is 11.1 Å². The Hall–Kier alpha value is -1.06. The molecule has 0 saturated heterocycles. The van der Waals surface area contributed by atoms with Gasteiger partial charge in [0.1, 0.15) is 0 Å². The maximum Gasteiger partial charge on any atom is 0.227 e. The molecule has 0 heterocycles. The molecule has 1 atom stereocenters. The van der Waals surface area contributed by atoms with E-state index in [0.29, 0.717) is 18.0 Å². The molecule has 1 aromatic carbocycles. The number of halogens is 1. The first-order chi connectivity index (χ1) is 7.54. The Morgan fingerprint density at radius 3 is 2.88 bits per heavy atom. The molecule has 0 bridgehead atoms. The van der Waals surface area contributed by atoms with Crippen LogP contribution in [0.25, 0.3) is 0 Å². The summed E-state index contributed by atoms with van der Waals surface area (Å²) in [5, 5.41) is 3.47. The molecule has 1 aromatic rings. The van der Waals surface area contributed by atoms with Crippen LogP contribution in [-0.4, -0.2) is 12.5 Å². The Morgan fingerprint density at radius 2 is 2.25 bits per heavy atom. The van der Waals surface area contributed by atoms with Crippen LogP contribution in [0.3, 0.4) is 0 Å². The second kappa shape index (κ2) is 5.87. The molecule has 0 aliphatic carbocycles. The van der Waals surface area contributed by atoms with E-state index in [1.54, 1.807) is 12.1 Å². The highest BCUT2D eigenvalue weighted by Gasteiger charge is 2.12. The van der Waals surface area contributed by atoms with Crippen molar-refractivity contribution >= 4 is 23.2 Å². The van der Waals surface area contributed by atoms with Gasteiger partial charge in [0.25, 0.3) is 0 Å². The molecule has 0 aliphatic rings. The molecule has 1 amide bonds. The van der Waals surface area contributed by atoms with Gasteiger partial charge in [0.05, 0.1) is 0 Å². The predicted octanol–water partition coefficient (Wildman–Crippen LogP) is 2.57. The van der Waals surface area contributed by atoms with Crippen LogP contribution in [0.1, 0.15) is 18.9 Å². The average Bonchev–Trinajstić information content (AvgIpc) is 2.23. The topological polar surface area (TPSA) is 55.1 Å². The molecule has 88 valence electrons. The van der Waals surface area contributed by atoms with Crippen molar-refractivity contribution in [3.63, 3.8) is 0 Å². The number of benzene rings is 1. The molecule has 1 rings (SSSR count). The minimum absolute atomic E-state index is 0.0178. The summed E-state index contributed by atoms with van der Waals surface area (Å²) in [6.45, 7) is 4.31. The lowest BCUT2D eigenvalue weighted by atomic mass is 10.1. The summed E-state index contributed by atoms with van der Waals surface area (Å²) in [4.78, 5) is 11.8. The normalized spacial score (nSPS) is 12.2. The zero-order chi connectivity index (χ0) is 12.1. The van der Waals surface area contributed by atoms with Gasteiger partial charge < -0.3 is 11.1 Å². The fraction of sp³-hybridized carbons (Fsp3) is 0.417. The SMILES string of the molecule is Cc1ccc(Cl)cc1NC(=O)C(C)CCN. The van der Waals surface area contributed by atoms with E-state index in [1.807, 2.05) is 19.9 Å². The maximum atomic E-state index is 11.8. The van der Waals surface area contributed by atoms with Crippen molar-refractivity contribution in [1.29, 1.82) is 0 Å². The van der Waals surface area contributed by atoms with Crippen LogP contribution in [0.15, 0.2) is 18.2 Å². The van der Waals surface area contributed by atoms with E-state index in [1.165, 1.54) is 0 Å². The van der Waals surface area contributed by atoms with Gasteiger partial charge in [-0.15, -0.1) is 0 Å². The van der Waals surface area contributed by atoms with Gasteiger partial charge in [-0.1, -0.05) is 24.6 Å². The van der Waals surface area contributed by atoms with Crippen LogP contribution in [0.2, 0.25) is 5.02 Å². The number of carbonyl (C=O) groups excluding carboxylic acids is 1. The van der Waals surface area contributed by atoms with E-state index >= 15 is 0 Å². The molecule has 0 radical (unpaired) electrons. The Kier molecular flexibility index (Phi) is 4.77. The van der Waals surface area contributed by atoms with E-state index in [2.05, 4.69) is 5.32 Å². The Balaban J connectivity index is 2.72. The molecule has 0 fully saturated rings. The summed E-state index contributed by atoms with van der Waals surface area (Å²) in [5.74, 6) is -0.0980. The van der Waals surface area contributed by atoms with Crippen molar-refractivity contribution in [3.05, 3.63) is 28.8 Å². The lowest BCUT2D eigenvalue weighted by molar-refractivity contribution is -0.119. The summed E-state index contributed by atoms with van der Waals surface area (Å²) >= 11 is 5.87. The highest BCUT2D eigenvalue weighted by atomic mass is 35.5. The van der Waals surface area contributed by atoms with E-state index in [9.17, 15) is 4.79 Å². The van der Waals surface area contributed by atoms with Gasteiger partial charge in [-0.25, -0.2) is 0 Å². The monoisotopic (exact) mass is 240 g/mol. The minimum Gasteiger partial charge on any atom is -0.330 e. The van der Waals surface area contributed by atoms with Gasteiger partial charge in [0.2, 0.25) is 5.91 Å². The van der Waals surface area contributed by atoms with E-state index < -0.39 is 0 Å². The fourth-order valence-corrected chi connectivity index (χ4v) is 1.54. The third kappa shape index (κ3) is 3.51. The largest absolute Gasteiger partial charge is 0.330 e. The van der Waals surface area contributed by atoms with Gasteiger partial charge in [-0.2, -0.15) is 0 Å². The van der Waals surface area contributed by atoms with Crippen LogP contribution in [-0.2, 0) is 4.79 Å². The van der Waals surface area contributed by atoms with Gasteiger partial charge in [0.15, 0.2) is 0 Å². The third-order valence-corrected chi connectivity index (χ3v) is 2.74. The first kappa shape index (κ1) is 13.0. The lowest BCUT2D eigenvalue weighted by Crippen LogP contribution is -2.23. The lowest BCUT2D eigenvalue weighted by Gasteiger charge is -2.13. The first-order valence-electron chi connectivity index (χ1n) is 5.31. The number of hydrogen-bond donors (Lipinski definition) is 2. The molecule has 0 spiro atoms. The number of anilines is 1. The minimum atomic E-state index is -0.0802. The van der Waals surface area contributed by atoms with Crippen LogP contribution in [0, 0.1) is 12.8 Å². The number of aryl methyl sites for hydroxylation is 1. The summed E-state index contributed by atoms with van der Waals surface area (Å²) in [6.07, 6.45) is 0.686. The highest BCUT2D eigenvalue weighted by Crippen LogP contribution is 2.20. The molecular weight excluding hydrogens is 224 g/mol. The summed E-state index contributed by atoms with van der Waals surface area (Å²) in [7, 11) is 0. The fourth-order valence-electron chi connectivity index (χ4n) is 1.37. The molecule has 0 aromatic heterocycles. The Bertz CT molecular complexity index is 379. The molecule has 3 N–H and O–H groups in total. The molecule has 4 heteroatoms. The highest BCUT2D eigenvalue weighted by molar-refractivity contribution is 6.31. The van der Waals surface area contributed by atoms with Crippen LogP contribution in [0.5, 0.6) is 0 Å². The zero-order valence-electron chi connectivity index (χ0n) is 9.59. The van der Waals surface area contributed by atoms with Crippen LogP contribution in [0.4, 0.5) is 5.69 Å². The number of rotatable bonds is 4. The quantitative estimate of drug-likeness (QED) is 0.850. The molecular formula is C12H17ClN2O. The van der Waals surface area contributed by atoms with Gasteiger partial charge >= 0.3 is 0 Å². The van der Waals surface area contributed by atoms with E-state index in [4.69, 9.17) is 17.3 Å². The van der Waals surface area contributed by atoms with Gasteiger partial charge in [0, 0.05) is 16.6 Å². The summed E-state index contributed by atoms with van der Waals surface area (Å²) in [5.41, 5.74) is 7.18. The number of hydrogen-bond acceptors (Lipinski definition) is 2. The molecule has 0 saturated carbocycles. The van der Waals surface area contributed by atoms with E-state index in [-0.39, 0.29) is 11.8 Å². The van der Waals surface area contributed by atoms with Crippen molar-refractivity contribution in [3.8, 4) is 0 Å². The smallest absolute Gasteiger partial charge is 0.227 e. The third-order valence-electron chi connectivity index (χ3n) is 2.50. The molecule has 0 aliphatic heterocycles. The van der Waals surface area contributed by atoms with Crippen molar-refractivity contribution in [2.75, 3.05) is 11.9 Å². The maximum absolute atomic E-state index is 11.8. The number of nitrogens with one attached hydrogen (secondary N) is 1. The van der Waals surface area contributed by atoms with Crippen molar-refractivity contribution in [2.45, 2.75) is 20.3 Å². The van der Waals surface area contributed by atoms with Gasteiger partial charge in [-0.3, -0.25) is 4.79 Å². The number of nitrogens with two attached hydrogens (primary N) is 1. The summed E-state index contributed by atoms with van der Waals surface area (Å²) < 4.78 is 0. The van der Waals surface area contributed by atoms with E-state index in [0.717, 1.165) is 11.3 Å². The summed E-state index contributed by atoms with van der Waals surface area (Å²) in [6, 6.07) is 5.44. The van der Waals surface area contributed by atoms with Gasteiger partial charge in [-0.05, 0) is 37.6 Å². The Morgan fingerprint density at radius 1 is 1.56 bits per heavy atom. The second-order valence-electron chi connectivity index (χ2n) is 3.93.